The first-order valence-corrected chi connectivity index (χ1v) is 10.7. The zero-order chi connectivity index (χ0) is 24.7. The number of aromatic nitrogens is 2. The molecule has 174 valence electrons. The number of nitriles is 1. The van der Waals surface area contributed by atoms with Gasteiger partial charge in [-0.2, -0.15) is 10.4 Å². The van der Waals surface area contributed by atoms with E-state index in [-0.39, 0.29) is 17.2 Å². The Morgan fingerprint density at radius 2 is 2.03 bits per heavy atom. The van der Waals surface area contributed by atoms with Crippen LogP contribution in [0.25, 0.3) is 11.3 Å². The summed E-state index contributed by atoms with van der Waals surface area (Å²) < 4.78 is 16.2. The average Bonchev–Trinajstić information content (AvgIpc) is 2.84. The SMILES string of the molecule is COC(=O)C(C)Oc1c(Br)cc(C=NNc2nc(-c3ccccc3)c(C#N)c(=O)[nH]2)cc1OC. The van der Waals surface area contributed by atoms with Crippen LogP contribution in [-0.2, 0) is 9.53 Å². The molecule has 2 aromatic carbocycles. The van der Waals surface area contributed by atoms with Crippen molar-refractivity contribution in [3.8, 4) is 28.8 Å². The lowest BCUT2D eigenvalue weighted by molar-refractivity contribution is -0.147. The summed E-state index contributed by atoms with van der Waals surface area (Å²) in [6.07, 6.45) is 0.635. The Bertz CT molecular complexity index is 1320. The Hall–Kier alpha value is -4.17. The minimum absolute atomic E-state index is 0.0667. The fraction of sp³-hybridized carbons (Fsp3) is 0.174. The van der Waals surface area contributed by atoms with Crippen LogP contribution in [0.1, 0.15) is 18.1 Å². The van der Waals surface area contributed by atoms with Crippen LogP contribution in [-0.4, -0.2) is 42.5 Å². The number of esters is 1. The summed E-state index contributed by atoms with van der Waals surface area (Å²) in [5, 5.41) is 13.5. The smallest absolute Gasteiger partial charge is 0.346 e. The van der Waals surface area contributed by atoms with E-state index in [1.54, 1.807) is 43.3 Å². The van der Waals surface area contributed by atoms with Crippen molar-refractivity contribution in [2.75, 3.05) is 19.6 Å². The van der Waals surface area contributed by atoms with E-state index in [4.69, 9.17) is 9.47 Å². The molecule has 0 aliphatic carbocycles. The zero-order valence-electron chi connectivity index (χ0n) is 18.5. The summed E-state index contributed by atoms with van der Waals surface area (Å²) >= 11 is 3.41. The van der Waals surface area contributed by atoms with Crippen LogP contribution in [0.4, 0.5) is 5.95 Å². The Balaban J connectivity index is 1.85. The summed E-state index contributed by atoms with van der Waals surface area (Å²) in [5.41, 5.74) is 3.48. The molecule has 0 radical (unpaired) electrons. The molecule has 3 rings (SSSR count). The number of carbonyl (C=O) groups is 1. The summed E-state index contributed by atoms with van der Waals surface area (Å²) in [6, 6.07) is 14.2. The molecule has 0 amide bonds. The zero-order valence-corrected chi connectivity index (χ0v) is 20.0. The van der Waals surface area contributed by atoms with Gasteiger partial charge in [-0.15, -0.1) is 0 Å². The largest absolute Gasteiger partial charge is 0.493 e. The number of anilines is 1. The van der Waals surface area contributed by atoms with Crippen LogP contribution in [0.15, 0.2) is 56.8 Å². The molecule has 1 heterocycles. The van der Waals surface area contributed by atoms with Crippen molar-refractivity contribution in [3.05, 3.63) is 68.4 Å². The number of hydrogen-bond acceptors (Lipinski definition) is 9. The average molecular weight is 526 g/mol. The summed E-state index contributed by atoms with van der Waals surface area (Å²) in [7, 11) is 2.74. The van der Waals surface area contributed by atoms with E-state index in [1.807, 2.05) is 12.1 Å². The van der Waals surface area contributed by atoms with Gasteiger partial charge in [0.25, 0.3) is 5.56 Å². The molecule has 1 atom stereocenters. The highest BCUT2D eigenvalue weighted by atomic mass is 79.9. The van der Waals surface area contributed by atoms with Crippen molar-refractivity contribution < 1.29 is 19.0 Å². The predicted molar refractivity (Wildman–Crippen MR) is 129 cm³/mol. The second-order valence-electron chi connectivity index (χ2n) is 6.80. The first kappa shape index (κ1) is 24.5. The number of nitrogens with one attached hydrogen (secondary N) is 2. The minimum atomic E-state index is -0.838. The number of benzene rings is 2. The molecule has 0 fully saturated rings. The molecule has 2 N–H and O–H groups in total. The first-order valence-electron chi connectivity index (χ1n) is 9.88. The fourth-order valence-corrected chi connectivity index (χ4v) is 3.48. The number of nitrogens with zero attached hydrogens (tertiary/aromatic N) is 3. The van der Waals surface area contributed by atoms with E-state index >= 15 is 0 Å². The van der Waals surface area contributed by atoms with E-state index in [0.717, 1.165) is 0 Å². The highest BCUT2D eigenvalue weighted by molar-refractivity contribution is 9.10. The van der Waals surface area contributed by atoms with Gasteiger partial charge in [0.1, 0.15) is 11.6 Å². The maximum atomic E-state index is 12.3. The van der Waals surface area contributed by atoms with Crippen LogP contribution >= 0.6 is 15.9 Å². The third-order valence-corrected chi connectivity index (χ3v) is 5.13. The number of carbonyl (C=O) groups excluding carboxylic acids is 1. The van der Waals surface area contributed by atoms with Crippen LogP contribution in [0.2, 0.25) is 0 Å². The number of rotatable bonds is 8. The molecule has 11 heteroatoms. The third kappa shape index (κ3) is 5.60. The molecule has 1 unspecified atom stereocenters. The topological polar surface area (TPSA) is 139 Å². The van der Waals surface area contributed by atoms with Gasteiger partial charge in [0.2, 0.25) is 5.95 Å². The minimum Gasteiger partial charge on any atom is -0.493 e. The van der Waals surface area contributed by atoms with Crippen molar-refractivity contribution in [1.82, 2.24) is 9.97 Å². The van der Waals surface area contributed by atoms with Crippen LogP contribution in [0.5, 0.6) is 11.5 Å². The Labute approximate surface area is 203 Å². The normalized spacial score (nSPS) is 11.5. The molecule has 0 bridgehead atoms. The molecular weight excluding hydrogens is 506 g/mol. The Morgan fingerprint density at radius 1 is 1.29 bits per heavy atom. The van der Waals surface area contributed by atoms with Crippen molar-refractivity contribution in [3.63, 3.8) is 0 Å². The van der Waals surface area contributed by atoms with Crippen molar-refractivity contribution in [2.45, 2.75) is 13.0 Å². The predicted octanol–water partition coefficient (Wildman–Crippen LogP) is 3.47. The second-order valence-corrected chi connectivity index (χ2v) is 7.66. The monoisotopic (exact) mass is 525 g/mol. The Kier molecular flexibility index (Phi) is 8.00. The number of halogens is 1. The number of hydrogen-bond donors (Lipinski definition) is 2. The lowest BCUT2D eigenvalue weighted by atomic mass is 10.1. The maximum absolute atomic E-state index is 12.3. The third-order valence-electron chi connectivity index (χ3n) is 4.54. The number of aromatic amines is 1. The van der Waals surface area contributed by atoms with Crippen molar-refractivity contribution >= 4 is 34.1 Å². The van der Waals surface area contributed by atoms with Gasteiger partial charge in [-0.3, -0.25) is 9.78 Å². The van der Waals surface area contributed by atoms with Crippen LogP contribution in [0, 0.1) is 11.3 Å². The molecule has 1 aromatic heterocycles. The first-order chi connectivity index (χ1) is 16.4. The summed E-state index contributed by atoms with van der Waals surface area (Å²) in [5.74, 6) is 0.235. The molecule has 0 aliphatic rings. The van der Waals surface area contributed by atoms with Crippen LogP contribution in [0.3, 0.4) is 0 Å². The van der Waals surface area contributed by atoms with E-state index < -0.39 is 17.6 Å². The van der Waals surface area contributed by atoms with E-state index in [0.29, 0.717) is 27.1 Å². The van der Waals surface area contributed by atoms with Crippen LogP contribution < -0.4 is 20.5 Å². The maximum Gasteiger partial charge on any atom is 0.346 e. The highest BCUT2D eigenvalue weighted by Gasteiger charge is 2.20. The van der Waals surface area contributed by atoms with Crippen molar-refractivity contribution in [2.24, 2.45) is 5.10 Å². The van der Waals surface area contributed by atoms with Gasteiger partial charge in [-0.05, 0) is 40.5 Å². The second kappa shape index (κ2) is 11.1. The summed E-state index contributed by atoms with van der Waals surface area (Å²) in [6.45, 7) is 1.56. The quantitative estimate of drug-likeness (QED) is 0.259. The van der Waals surface area contributed by atoms with Gasteiger partial charge >= 0.3 is 5.97 Å². The van der Waals surface area contributed by atoms with Gasteiger partial charge in [0.05, 0.1) is 30.6 Å². The number of ether oxygens (including phenoxy) is 3. The van der Waals surface area contributed by atoms with E-state index in [2.05, 4.69) is 41.2 Å². The van der Waals surface area contributed by atoms with Gasteiger partial charge in [0, 0.05) is 5.56 Å². The van der Waals surface area contributed by atoms with E-state index in [9.17, 15) is 14.9 Å². The van der Waals surface area contributed by atoms with Gasteiger partial charge in [0.15, 0.2) is 17.6 Å². The van der Waals surface area contributed by atoms with Crippen molar-refractivity contribution in [1.29, 1.82) is 5.26 Å². The molecule has 0 saturated carbocycles. The Morgan fingerprint density at radius 3 is 2.68 bits per heavy atom. The molecular formula is C23H20BrN5O5. The standard InChI is InChI=1S/C23H20BrN5O5/c1-13(22(31)33-3)34-20-17(24)9-14(10-18(20)32-2)12-26-29-23-27-19(15-7-5-4-6-8-15)16(11-25)21(30)28-23/h4-10,12-13H,1-3H3,(H2,27,28,29,30). The molecule has 0 aliphatic heterocycles. The van der Waals surface area contributed by atoms with Gasteiger partial charge in [-0.25, -0.2) is 15.2 Å². The molecule has 0 spiro atoms. The number of hydrazone groups is 1. The molecule has 3 aromatic rings. The lowest BCUT2D eigenvalue weighted by Crippen LogP contribution is -2.25. The number of methoxy groups -OCH3 is 2. The van der Waals surface area contributed by atoms with Gasteiger partial charge in [-0.1, -0.05) is 30.3 Å². The molecule has 10 nitrogen and oxygen atoms in total. The summed E-state index contributed by atoms with van der Waals surface area (Å²) in [4.78, 5) is 30.8. The number of H-pyrrole nitrogens is 1. The van der Waals surface area contributed by atoms with Gasteiger partial charge < -0.3 is 14.2 Å². The van der Waals surface area contributed by atoms with E-state index in [1.165, 1.54) is 20.4 Å². The molecule has 0 saturated heterocycles. The molecule has 34 heavy (non-hydrogen) atoms. The fourth-order valence-electron chi connectivity index (χ4n) is 2.92. The highest BCUT2D eigenvalue weighted by Crippen LogP contribution is 2.37. The lowest BCUT2D eigenvalue weighted by Gasteiger charge is -2.17.